The molecule has 0 spiro atoms. The molecule has 2 N–H and O–H groups in total. The van der Waals surface area contributed by atoms with Gasteiger partial charge < -0.3 is 10.6 Å². The number of carbonyl (C=O) groups excluding carboxylic acids is 1. The van der Waals surface area contributed by atoms with Gasteiger partial charge in [0.2, 0.25) is 5.91 Å². The van der Waals surface area contributed by atoms with Gasteiger partial charge in [-0.25, -0.2) is 8.42 Å². The highest BCUT2D eigenvalue weighted by atomic mass is 35.5. The molecule has 10 heteroatoms. The summed E-state index contributed by atoms with van der Waals surface area (Å²) in [6.07, 6.45) is 1.01. The van der Waals surface area contributed by atoms with E-state index in [9.17, 15) is 23.3 Å². The molecule has 0 saturated heterocycles. The van der Waals surface area contributed by atoms with Gasteiger partial charge in [0.25, 0.3) is 5.69 Å². The molecule has 0 unspecified atom stereocenters. The van der Waals surface area contributed by atoms with Crippen molar-refractivity contribution in [2.45, 2.75) is 18.2 Å². The highest BCUT2D eigenvalue weighted by molar-refractivity contribution is 7.90. The van der Waals surface area contributed by atoms with E-state index >= 15 is 0 Å². The van der Waals surface area contributed by atoms with Crippen LogP contribution in [-0.4, -0.2) is 32.0 Å². The Labute approximate surface area is 161 Å². The molecule has 2 rings (SSSR count). The van der Waals surface area contributed by atoms with Crippen molar-refractivity contribution in [3.8, 4) is 0 Å². The van der Waals surface area contributed by atoms with Gasteiger partial charge in [-0.3, -0.25) is 14.9 Å². The lowest BCUT2D eigenvalue weighted by Gasteiger charge is -2.11. The van der Waals surface area contributed by atoms with Gasteiger partial charge in [0.15, 0.2) is 9.84 Å². The summed E-state index contributed by atoms with van der Waals surface area (Å²) in [7, 11) is -3.77. The second kappa shape index (κ2) is 8.36. The molecule has 2 aromatic rings. The normalized spacial score (nSPS) is 11.1. The molecule has 144 valence electrons. The van der Waals surface area contributed by atoms with Crippen molar-refractivity contribution < 1.29 is 18.1 Å². The highest BCUT2D eigenvalue weighted by Crippen LogP contribution is 2.27. The largest absolute Gasteiger partial charge is 0.384 e. The number of nitrogens with zero attached hydrogens (tertiary/aromatic N) is 1. The number of nitrogens with one attached hydrogen (secondary N) is 2. The number of anilines is 2. The molecule has 0 heterocycles. The lowest BCUT2D eigenvalue weighted by Crippen LogP contribution is -2.17. The van der Waals surface area contributed by atoms with Crippen LogP contribution in [0.15, 0.2) is 41.3 Å². The number of amides is 1. The summed E-state index contributed by atoms with van der Waals surface area (Å²) in [6.45, 7) is 2.01. The number of sulfone groups is 1. The fourth-order valence-electron chi connectivity index (χ4n) is 2.35. The van der Waals surface area contributed by atoms with E-state index in [1.54, 1.807) is 25.1 Å². The SMILES string of the molecule is Cc1c(Cl)cccc1NC(=O)CCNc1ccc([N+](=O)[O-])c(S(C)(=O)=O)c1. The predicted octanol–water partition coefficient (Wildman–Crippen LogP) is 3.40. The number of benzene rings is 2. The van der Waals surface area contributed by atoms with E-state index in [2.05, 4.69) is 10.6 Å². The average molecular weight is 412 g/mol. The van der Waals surface area contributed by atoms with Crippen LogP contribution in [0.3, 0.4) is 0 Å². The van der Waals surface area contributed by atoms with Crippen LogP contribution in [0.2, 0.25) is 5.02 Å². The Bertz CT molecular complexity index is 992. The minimum atomic E-state index is -3.77. The molecule has 0 atom stereocenters. The fraction of sp³-hybridized carbons (Fsp3) is 0.235. The Balaban J connectivity index is 2.02. The summed E-state index contributed by atoms with van der Waals surface area (Å²) in [6, 6.07) is 8.89. The van der Waals surface area contributed by atoms with Crippen LogP contribution in [0.5, 0.6) is 0 Å². The molecule has 0 aliphatic rings. The zero-order valence-corrected chi connectivity index (χ0v) is 16.2. The first-order valence-corrected chi connectivity index (χ1v) is 10.1. The fourth-order valence-corrected chi connectivity index (χ4v) is 3.39. The third-order valence-electron chi connectivity index (χ3n) is 3.78. The molecule has 0 aliphatic heterocycles. The zero-order chi connectivity index (χ0) is 20.2. The number of nitro benzene ring substituents is 1. The van der Waals surface area contributed by atoms with Gasteiger partial charge >= 0.3 is 0 Å². The van der Waals surface area contributed by atoms with E-state index in [1.165, 1.54) is 12.1 Å². The Hall–Kier alpha value is -2.65. The minimum Gasteiger partial charge on any atom is -0.384 e. The summed E-state index contributed by atoms with van der Waals surface area (Å²) < 4.78 is 23.5. The number of rotatable bonds is 7. The van der Waals surface area contributed by atoms with E-state index in [4.69, 9.17) is 11.6 Å². The van der Waals surface area contributed by atoms with Gasteiger partial charge in [-0.05, 0) is 36.8 Å². The standard InChI is InChI=1S/C17H18ClN3O5S/c1-11-13(18)4-3-5-14(11)20-17(22)8-9-19-12-6-7-15(21(23)24)16(10-12)27(2,25)26/h3-7,10,19H,8-9H2,1-2H3,(H,20,22). The summed E-state index contributed by atoms with van der Waals surface area (Å²) in [5, 5.41) is 17.2. The summed E-state index contributed by atoms with van der Waals surface area (Å²) in [5.74, 6) is -0.252. The molecule has 0 aromatic heterocycles. The smallest absolute Gasteiger partial charge is 0.288 e. The maximum Gasteiger partial charge on any atom is 0.288 e. The second-order valence-corrected chi connectivity index (χ2v) is 8.24. The molecule has 27 heavy (non-hydrogen) atoms. The number of halogens is 1. The van der Waals surface area contributed by atoms with Crippen LogP contribution in [0.25, 0.3) is 0 Å². The predicted molar refractivity (Wildman–Crippen MR) is 104 cm³/mol. The summed E-state index contributed by atoms with van der Waals surface area (Å²) in [4.78, 5) is 21.9. The maximum atomic E-state index is 12.1. The second-order valence-electron chi connectivity index (χ2n) is 5.85. The number of hydrogen-bond acceptors (Lipinski definition) is 6. The molecule has 8 nitrogen and oxygen atoms in total. The van der Waals surface area contributed by atoms with Crippen LogP contribution in [0.4, 0.5) is 17.1 Å². The Morgan fingerprint density at radius 1 is 1.26 bits per heavy atom. The third-order valence-corrected chi connectivity index (χ3v) is 5.31. The van der Waals surface area contributed by atoms with E-state index in [0.717, 1.165) is 17.9 Å². The van der Waals surface area contributed by atoms with Crippen molar-refractivity contribution in [3.05, 3.63) is 57.1 Å². The van der Waals surface area contributed by atoms with Crippen LogP contribution >= 0.6 is 11.6 Å². The van der Waals surface area contributed by atoms with Gasteiger partial charge in [0, 0.05) is 41.7 Å². The van der Waals surface area contributed by atoms with Gasteiger partial charge in [0.05, 0.1) is 4.92 Å². The summed E-state index contributed by atoms with van der Waals surface area (Å²) >= 11 is 6.01. The van der Waals surface area contributed by atoms with Crippen molar-refractivity contribution >= 4 is 44.4 Å². The van der Waals surface area contributed by atoms with Crippen molar-refractivity contribution in [1.29, 1.82) is 0 Å². The quantitative estimate of drug-likeness (QED) is 0.532. The number of carbonyl (C=O) groups is 1. The van der Waals surface area contributed by atoms with Crippen molar-refractivity contribution in [2.75, 3.05) is 23.4 Å². The van der Waals surface area contributed by atoms with Crippen molar-refractivity contribution in [1.82, 2.24) is 0 Å². The molecular formula is C17H18ClN3O5S. The zero-order valence-electron chi connectivity index (χ0n) is 14.7. The molecule has 2 aromatic carbocycles. The van der Waals surface area contributed by atoms with Gasteiger partial charge in [-0.15, -0.1) is 0 Å². The van der Waals surface area contributed by atoms with E-state index in [1.807, 2.05) is 0 Å². The van der Waals surface area contributed by atoms with Crippen LogP contribution < -0.4 is 10.6 Å². The van der Waals surface area contributed by atoms with Crippen LogP contribution in [0, 0.1) is 17.0 Å². The molecular weight excluding hydrogens is 394 g/mol. The Morgan fingerprint density at radius 2 is 1.96 bits per heavy atom. The van der Waals surface area contributed by atoms with Crippen molar-refractivity contribution in [3.63, 3.8) is 0 Å². The van der Waals surface area contributed by atoms with Gasteiger partial charge in [-0.1, -0.05) is 17.7 Å². The lowest BCUT2D eigenvalue weighted by molar-refractivity contribution is -0.387. The van der Waals surface area contributed by atoms with Gasteiger partial charge in [0.1, 0.15) is 4.90 Å². The maximum absolute atomic E-state index is 12.1. The number of hydrogen-bond donors (Lipinski definition) is 2. The molecule has 1 amide bonds. The number of nitro groups is 1. The first-order valence-electron chi connectivity index (χ1n) is 7.87. The van der Waals surface area contributed by atoms with E-state index in [0.29, 0.717) is 16.4 Å². The van der Waals surface area contributed by atoms with Gasteiger partial charge in [-0.2, -0.15) is 0 Å². The van der Waals surface area contributed by atoms with Crippen molar-refractivity contribution in [2.24, 2.45) is 0 Å². The molecule has 0 bridgehead atoms. The Morgan fingerprint density at radius 3 is 2.59 bits per heavy atom. The highest BCUT2D eigenvalue weighted by Gasteiger charge is 2.22. The first-order chi connectivity index (χ1) is 12.6. The Kier molecular flexibility index (Phi) is 6.40. The molecule has 0 aliphatic carbocycles. The monoisotopic (exact) mass is 411 g/mol. The molecule has 0 saturated carbocycles. The van der Waals surface area contributed by atoms with E-state index < -0.39 is 20.4 Å². The lowest BCUT2D eigenvalue weighted by atomic mass is 10.2. The van der Waals surface area contributed by atoms with Crippen LogP contribution in [0.1, 0.15) is 12.0 Å². The van der Waals surface area contributed by atoms with E-state index in [-0.39, 0.29) is 23.8 Å². The summed E-state index contributed by atoms with van der Waals surface area (Å²) in [5.41, 5.74) is 1.25. The molecule has 0 radical (unpaired) electrons. The average Bonchev–Trinajstić information content (AvgIpc) is 2.58. The van der Waals surface area contributed by atoms with Crippen LogP contribution in [-0.2, 0) is 14.6 Å². The minimum absolute atomic E-state index is 0.108. The topological polar surface area (TPSA) is 118 Å². The third kappa shape index (κ3) is 5.41. The first kappa shape index (κ1) is 20.7. The molecule has 0 fully saturated rings.